The Morgan fingerprint density at radius 2 is 1.80 bits per heavy atom. The zero-order chi connectivity index (χ0) is 20.7. The van der Waals surface area contributed by atoms with E-state index in [4.69, 9.17) is 0 Å². The quantitative estimate of drug-likeness (QED) is 0.590. The smallest absolute Gasteiger partial charge is 0.251 e. The van der Waals surface area contributed by atoms with Gasteiger partial charge in [-0.3, -0.25) is 9.78 Å². The highest BCUT2D eigenvalue weighted by molar-refractivity contribution is 7.27. The third-order valence-electron chi connectivity index (χ3n) is 7.29. The largest absolute Gasteiger partial charge is 0.349 e. The van der Waals surface area contributed by atoms with E-state index in [1.54, 1.807) is 0 Å². The van der Waals surface area contributed by atoms with Gasteiger partial charge >= 0.3 is 0 Å². The van der Waals surface area contributed by atoms with Gasteiger partial charge in [0, 0.05) is 23.2 Å². The molecule has 0 aliphatic heterocycles. The summed E-state index contributed by atoms with van der Waals surface area (Å²) in [5.41, 5.74) is 4.95. The van der Waals surface area contributed by atoms with Gasteiger partial charge in [0.15, 0.2) is 0 Å². The number of amides is 1. The van der Waals surface area contributed by atoms with Crippen LogP contribution in [0.4, 0.5) is 0 Å². The molecular formula is C26H29N2OP. The van der Waals surface area contributed by atoms with Gasteiger partial charge in [-0.25, -0.2) is 0 Å². The highest BCUT2D eigenvalue weighted by Crippen LogP contribution is 2.54. The molecule has 4 heteroatoms. The van der Waals surface area contributed by atoms with Crippen molar-refractivity contribution in [2.75, 3.05) is 0 Å². The minimum atomic E-state index is 0.0695. The molecule has 2 aliphatic carbocycles. The van der Waals surface area contributed by atoms with Crippen molar-refractivity contribution in [3.8, 4) is 0 Å². The number of nitrogens with zero attached hydrogens (tertiary/aromatic N) is 1. The van der Waals surface area contributed by atoms with Crippen LogP contribution < -0.4 is 10.6 Å². The van der Waals surface area contributed by atoms with Crippen molar-refractivity contribution in [2.45, 2.75) is 57.4 Å². The molecule has 0 saturated heterocycles. The van der Waals surface area contributed by atoms with Crippen molar-refractivity contribution >= 4 is 31.4 Å². The Balaban J connectivity index is 1.20. The van der Waals surface area contributed by atoms with Crippen LogP contribution in [0.1, 0.15) is 65.9 Å². The van der Waals surface area contributed by atoms with Crippen LogP contribution in [0.5, 0.6) is 0 Å². The number of carbonyl (C=O) groups excluding carboxylic acids is 1. The SMILES string of the molecule is Cc1ccc(C(=O)NC2CC3(CCC(c4ccnc5ccc(P)cc45)CC3)C2)cc1. The van der Waals surface area contributed by atoms with E-state index >= 15 is 0 Å². The lowest BCUT2D eigenvalue weighted by atomic mass is 9.56. The number of carbonyl (C=O) groups is 1. The molecule has 3 aromatic rings. The van der Waals surface area contributed by atoms with Crippen LogP contribution >= 0.6 is 9.24 Å². The highest BCUT2D eigenvalue weighted by atomic mass is 31.0. The summed E-state index contributed by atoms with van der Waals surface area (Å²) in [7, 11) is 2.80. The molecule has 2 aliphatic rings. The summed E-state index contributed by atoms with van der Waals surface area (Å²) >= 11 is 0. The number of hydrogen-bond donors (Lipinski definition) is 1. The molecule has 2 fully saturated rings. The first-order valence-corrected chi connectivity index (χ1v) is 11.6. The summed E-state index contributed by atoms with van der Waals surface area (Å²) in [5, 5.41) is 5.77. The number of aromatic nitrogens is 1. The number of benzene rings is 2. The summed E-state index contributed by atoms with van der Waals surface area (Å²) in [6.45, 7) is 2.04. The van der Waals surface area contributed by atoms with Gasteiger partial charge in [0.2, 0.25) is 0 Å². The van der Waals surface area contributed by atoms with Crippen molar-refractivity contribution in [3.05, 3.63) is 71.4 Å². The molecule has 1 atom stereocenters. The third kappa shape index (κ3) is 3.76. The maximum Gasteiger partial charge on any atom is 0.251 e. The van der Waals surface area contributed by atoms with E-state index in [2.05, 4.69) is 43.8 Å². The Kier molecular flexibility index (Phi) is 5.11. The van der Waals surface area contributed by atoms with Crippen molar-refractivity contribution < 1.29 is 4.79 Å². The van der Waals surface area contributed by atoms with E-state index in [0.717, 1.165) is 23.9 Å². The average molecular weight is 417 g/mol. The van der Waals surface area contributed by atoms with Gasteiger partial charge in [-0.1, -0.05) is 23.8 Å². The molecule has 2 saturated carbocycles. The monoisotopic (exact) mass is 416 g/mol. The predicted octanol–water partition coefficient (Wildman–Crippen LogP) is 5.28. The van der Waals surface area contributed by atoms with Gasteiger partial charge in [0.1, 0.15) is 0 Å². The molecule has 1 amide bonds. The van der Waals surface area contributed by atoms with Crippen LogP contribution in [0, 0.1) is 12.3 Å². The number of hydrogen-bond acceptors (Lipinski definition) is 2. The lowest BCUT2D eigenvalue weighted by molar-refractivity contribution is 0.0312. The van der Waals surface area contributed by atoms with Crippen LogP contribution in [-0.4, -0.2) is 16.9 Å². The van der Waals surface area contributed by atoms with Gasteiger partial charge in [-0.05, 0) is 98.0 Å². The van der Waals surface area contributed by atoms with E-state index < -0.39 is 0 Å². The number of pyridine rings is 1. The molecule has 1 aromatic heterocycles. The second-order valence-electron chi connectivity index (χ2n) is 9.40. The zero-order valence-electron chi connectivity index (χ0n) is 17.5. The molecule has 0 radical (unpaired) electrons. The van der Waals surface area contributed by atoms with Crippen LogP contribution in [0.15, 0.2) is 54.7 Å². The molecule has 1 N–H and O–H groups in total. The molecule has 30 heavy (non-hydrogen) atoms. The minimum Gasteiger partial charge on any atom is -0.349 e. The Morgan fingerprint density at radius 1 is 1.07 bits per heavy atom. The van der Waals surface area contributed by atoms with E-state index in [-0.39, 0.29) is 5.91 Å². The Hall–Kier alpha value is -2.25. The first-order valence-electron chi connectivity index (χ1n) is 11.0. The predicted molar refractivity (Wildman–Crippen MR) is 126 cm³/mol. The third-order valence-corrected chi connectivity index (χ3v) is 7.65. The van der Waals surface area contributed by atoms with Gasteiger partial charge in [-0.15, -0.1) is 9.24 Å². The number of rotatable bonds is 3. The van der Waals surface area contributed by atoms with Gasteiger partial charge in [0.05, 0.1) is 5.52 Å². The van der Waals surface area contributed by atoms with Crippen LogP contribution in [-0.2, 0) is 0 Å². The zero-order valence-corrected chi connectivity index (χ0v) is 18.7. The first kappa shape index (κ1) is 19.7. The maximum absolute atomic E-state index is 12.5. The number of nitrogens with one attached hydrogen (secondary N) is 1. The lowest BCUT2D eigenvalue weighted by Gasteiger charge is -2.52. The summed E-state index contributed by atoms with van der Waals surface area (Å²) in [5.74, 6) is 0.689. The summed E-state index contributed by atoms with van der Waals surface area (Å²) in [4.78, 5) is 17.1. The fourth-order valence-corrected chi connectivity index (χ4v) is 5.81. The van der Waals surface area contributed by atoms with Crippen molar-refractivity contribution in [1.29, 1.82) is 0 Å². The first-order chi connectivity index (χ1) is 14.5. The Morgan fingerprint density at radius 3 is 2.53 bits per heavy atom. The van der Waals surface area contributed by atoms with E-state index in [1.165, 1.54) is 47.5 Å². The lowest BCUT2D eigenvalue weighted by Crippen LogP contribution is -2.51. The standard InChI is InChI=1S/C26H29N2OP/c1-17-2-4-19(5-3-17)25(29)28-20-15-26(16-20)11-8-18(9-12-26)22-10-13-27-24-7-6-21(30)14-23(22)24/h2-7,10,13-14,18,20H,8-9,11-12,15-16,30H2,1H3,(H,28,29). The maximum atomic E-state index is 12.5. The molecule has 3 nitrogen and oxygen atoms in total. The van der Waals surface area contributed by atoms with Crippen LogP contribution in [0.2, 0.25) is 0 Å². The summed E-state index contributed by atoms with van der Waals surface area (Å²) in [6, 6.07) is 16.9. The van der Waals surface area contributed by atoms with Gasteiger partial charge in [0.25, 0.3) is 5.91 Å². The average Bonchev–Trinajstić information content (AvgIpc) is 2.73. The van der Waals surface area contributed by atoms with E-state index in [9.17, 15) is 4.79 Å². The molecule has 0 bridgehead atoms. The van der Waals surface area contributed by atoms with E-state index in [0.29, 0.717) is 17.4 Å². The molecule has 5 rings (SSSR count). The van der Waals surface area contributed by atoms with Gasteiger partial charge < -0.3 is 5.32 Å². The Bertz CT molecular complexity index is 1080. The van der Waals surface area contributed by atoms with Gasteiger partial charge in [-0.2, -0.15) is 0 Å². The molecule has 1 unspecified atom stereocenters. The van der Waals surface area contributed by atoms with Crippen LogP contribution in [0.25, 0.3) is 10.9 Å². The molecule has 1 heterocycles. The van der Waals surface area contributed by atoms with E-state index in [1.807, 2.05) is 37.4 Å². The van der Waals surface area contributed by atoms with Crippen molar-refractivity contribution in [2.24, 2.45) is 5.41 Å². The molecule has 1 spiro atoms. The molecule has 2 aromatic carbocycles. The van der Waals surface area contributed by atoms with Crippen molar-refractivity contribution in [1.82, 2.24) is 10.3 Å². The summed E-state index contributed by atoms with van der Waals surface area (Å²) in [6.07, 6.45) is 9.22. The van der Waals surface area contributed by atoms with Crippen LogP contribution in [0.3, 0.4) is 0 Å². The highest BCUT2D eigenvalue weighted by Gasteiger charge is 2.46. The fourth-order valence-electron chi connectivity index (χ4n) is 5.55. The molecule has 154 valence electrons. The normalized spacial score (nSPS) is 25.8. The minimum absolute atomic E-state index is 0.0695. The number of fused-ring (bicyclic) bond motifs is 1. The summed E-state index contributed by atoms with van der Waals surface area (Å²) < 4.78 is 0. The number of aryl methyl sites for hydroxylation is 1. The second kappa shape index (κ2) is 7.78. The van der Waals surface area contributed by atoms with Crippen molar-refractivity contribution in [3.63, 3.8) is 0 Å². The Labute approximate surface area is 180 Å². The fraction of sp³-hybridized carbons (Fsp3) is 0.385. The second-order valence-corrected chi connectivity index (χ2v) is 10.1. The topological polar surface area (TPSA) is 42.0 Å². The molecular weight excluding hydrogens is 387 g/mol.